The first-order valence-corrected chi connectivity index (χ1v) is 13.0. The van der Waals surface area contributed by atoms with Crippen molar-refractivity contribution in [2.45, 2.75) is 0 Å². The quantitative estimate of drug-likeness (QED) is 0.0562. The molecule has 0 amide bonds. The van der Waals surface area contributed by atoms with Crippen LogP contribution < -0.4 is 14.0 Å². The van der Waals surface area contributed by atoms with Gasteiger partial charge in [0.15, 0.2) is 75.6 Å². The van der Waals surface area contributed by atoms with Gasteiger partial charge in [0.25, 0.3) is 0 Å². The first-order valence-electron chi connectivity index (χ1n) is 13.0. The van der Waals surface area contributed by atoms with Crippen LogP contribution in [-0.4, -0.2) is 7.32 Å². The van der Waals surface area contributed by atoms with E-state index >= 15 is 13.2 Å². The second kappa shape index (κ2) is 12.1. The molecule has 258 valence electrons. The Morgan fingerprint density at radius 2 is 0.780 bits per heavy atom. The fraction of sp³-hybridized carbons (Fsp3) is 0. The molecule has 0 saturated carbocycles. The van der Waals surface area contributed by atoms with E-state index in [0.29, 0.717) is 12.1 Å². The third kappa shape index (κ3) is 4.94. The van der Waals surface area contributed by atoms with Gasteiger partial charge in [0.2, 0.25) is 11.6 Å². The van der Waals surface area contributed by atoms with Crippen molar-refractivity contribution < 1.29 is 84.2 Å². The smallest absolute Gasteiger partial charge is 0.489 e. The van der Waals surface area contributed by atoms with Gasteiger partial charge >= 0.3 is 7.32 Å². The molecule has 0 bridgehead atoms. The number of benzene rings is 6. The molecule has 0 saturated heterocycles. The number of rotatable bonds is 6. The Hall–Kier alpha value is -5.56. The van der Waals surface area contributed by atoms with Gasteiger partial charge in [-0.1, -0.05) is 12.1 Å². The van der Waals surface area contributed by atoms with Crippen molar-refractivity contribution in [2.24, 2.45) is 0 Å². The highest BCUT2D eigenvalue weighted by Crippen LogP contribution is 2.44. The number of hydrogen-bond acceptors (Lipinski definition) is 3. The fourth-order valence-electron chi connectivity index (χ4n) is 4.89. The van der Waals surface area contributed by atoms with Crippen molar-refractivity contribution in [2.75, 3.05) is 0 Å². The lowest BCUT2D eigenvalue weighted by molar-refractivity contribution is 0.288. The maximum absolute atomic E-state index is 15.8. The Balaban J connectivity index is 1.64. The molecule has 6 aromatic rings. The lowest BCUT2D eigenvalue weighted by Crippen LogP contribution is -2.38. The molecular weight excluding hydrogens is 723 g/mol. The summed E-state index contributed by atoms with van der Waals surface area (Å²) in [6, 6.07) is 2.46. The van der Waals surface area contributed by atoms with Gasteiger partial charge in [-0.15, -0.1) is 0 Å². The van der Waals surface area contributed by atoms with Crippen LogP contribution >= 0.6 is 0 Å². The first kappa shape index (κ1) is 34.3. The van der Waals surface area contributed by atoms with Gasteiger partial charge in [-0.3, -0.25) is 0 Å². The van der Waals surface area contributed by atoms with E-state index in [-0.39, 0.29) is 12.1 Å². The predicted molar refractivity (Wildman–Crippen MR) is 139 cm³/mol. The summed E-state index contributed by atoms with van der Waals surface area (Å²) in [5.74, 6) is -44.4. The molecule has 0 aliphatic carbocycles. The van der Waals surface area contributed by atoms with E-state index in [1.165, 1.54) is 0 Å². The van der Waals surface area contributed by atoms with Crippen LogP contribution in [0.25, 0.3) is 32.3 Å². The second-order valence-electron chi connectivity index (χ2n) is 9.91. The standard InChI is InChI=1S/C30H5BF16O3/c32-7-4-5-9(17(35)16(7)34)49-31(48-8-3-1-2-6-10(8)20(38)25(43)24(42)15(6)33)50-30-14-13(23(41)28(46)29(30)47)18(36)11-12(19(14)37)22(40)27(45)26(44)21(11)39/h1-5H. The van der Waals surface area contributed by atoms with Crippen molar-refractivity contribution in [3.05, 3.63) is 123 Å². The minimum Gasteiger partial charge on any atom is -0.489 e. The molecule has 0 heterocycles. The van der Waals surface area contributed by atoms with Gasteiger partial charge in [0.1, 0.15) is 23.1 Å². The summed E-state index contributed by atoms with van der Waals surface area (Å²) in [6.45, 7) is 0. The minimum absolute atomic E-state index is 0.190. The largest absolute Gasteiger partial charge is 0.864 e. The van der Waals surface area contributed by atoms with Gasteiger partial charge in [0.05, 0.1) is 26.9 Å². The zero-order valence-electron chi connectivity index (χ0n) is 23.2. The Labute approximate surface area is 265 Å². The molecule has 3 nitrogen and oxygen atoms in total. The van der Waals surface area contributed by atoms with Gasteiger partial charge < -0.3 is 14.0 Å². The van der Waals surface area contributed by atoms with Gasteiger partial charge in [0, 0.05) is 5.39 Å². The van der Waals surface area contributed by atoms with E-state index in [2.05, 4.69) is 0 Å². The third-order valence-corrected chi connectivity index (χ3v) is 7.15. The Bertz CT molecular complexity index is 2460. The van der Waals surface area contributed by atoms with E-state index < -0.39 is 150 Å². The molecule has 20 heteroatoms. The second-order valence-corrected chi connectivity index (χ2v) is 9.91. The van der Waals surface area contributed by atoms with E-state index in [9.17, 15) is 57.1 Å². The van der Waals surface area contributed by atoms with Crippen LogP contribution in [0.5, 0.6) is 17.2 Å². The van der Waals surface area contributed by atoms with Crippen LogP contribution in [0.15, 0.2) is 30.3 Å². The van der Waals surface area contributed by atoms with E-state index in [0.717, 1.165) is 6.07 Å². The highest BCUT2D eigenvalue weighted by molar-refractivity contribution is 6.40. The van der Waals surface area contributed by atoms with Crippen LogP contribution in [0.1, 0.15) is 0 Å². The summed E-state index contributed by atoms with van der Waals surface area (Å²) in [7, 11) is -3.21. The van der Waals surface area contributed by atoms with Gasteiger partial charge in [-0.05, 0) is 18.2 Å². The maximum atomic E-state index is 15.8. The van der Waals surface area contributed by atoms with Crippen molar-refractivity contribution in [3.63, 3.8) is 0 Å². The summed E-state index contributed by atoms with van der Waals surface area (Å²) >= 11 is 0. The third-order valence-electron chi connectivity index (χ3n) is 7.15. The fourth-order valence-corrected chi connectivity index (χ4v) is 4.89. The molecule has 0 aliphatic heterocycles. The van der Waals surface area contributed by atoms with Crippen LogP contribution in [0.4, 0.5) is 70.2 Å². The Morgan fingerprint density at radius 3 is 1.36 bits per heavy atom. The number of halogens is 16. The highest BCUT2D eigenvalue weighted by atomic mass is 19.2. The summed E-state index contributed by atoms with van der Waals surface area (Å²) in [5, 5.41) is -10.9. The lowest BCUT2D eigenvalue weighted by Gasteiger charge is -2.21. The van der Waals surface area contributed by atoms with E-state index in [4.69, 9.17) is 14.0 Å². The summed E-state index contributed by atoms with van der Waals surface area (Å²) in [4.78, 5) is 0. The minimum atomic E-state index is -3.21. The van der Waals surface area contributed by atoms with Crippen LogP contribution in [0.3, 0.4) is 0 Å². The van der Waals surface area contributed by atoms with Crippen LogP contribution in [0.2, 0.25) is 0 Å². The lowest BCUT2D eigenvalue weighted by atomic mass is 9.98. The Kier molecular flexibility index (Phi) is 8.30. The number of fused-ring (bicyclic) bond motifs is 3. The summed E-state index contributed by atoms with van der Waals surface area (Å²) < 4.78 is 248. The molecule has 0 N–H and O–H groups in total. The normalized spacial score (nSPS) is 11.6. The molecule has 0 spiro atoms. The predicted octanol–water partition coefficient (Wildman–Crippen LogP) is 9.89. The maximum Gasteiger partial charge on any atom is 0.864 e. The monoisotopic (exact) mass is 728 g/mol. The van der Waals surface area contributed by atoms with Crippen molar-refractivity contribution in [1.29, 1.82) is 0 Å². The summed E-state index contributed by atoms with van der Waals surface area (Å²) in [5.41, 5.74) is 0. The number of hydrogen-bond donors (Lipinski definition) is 0. The zero-order chi connectivity index (χ0) is 36.7. The van der Waals surface area contributed by atoms with E-state index in [1.54, 1.807) is 0 Å². The Morgan fingerprint density at radius 1 is 0.320 bits per heavy atom. The average molecular weight is 728 g/mol. The molecule has 50 heavy (non-hydrogen) atoms. The van der Waals surface area contributed by atoms with Crippen LogP contribution in [0, 0.1) is 93.1 Å². The van der Waals surface area contributed by atoms with Gasteiger partial charge in [-0.25, -0.2) is 61.5 Å². The molecule has 6 rings (SSSR count). The molecule has 0 aliphatic rings. The van der Waals surface area contributed by atoms with Gasteiger partial charge in [-0.2, -0.15) is 8.78 Å². The molecule has 0 fully saturated rings. The summed E-state index contributed by atoms with van der Waals surface area (Å²) in [6.07, 6.45) is 0. The molecule has 6 aromatic carbocycles. The molecule has 0 atom stereocenters. The van der Waals surface area contributed by atoms with Crippen molar-refractivity contribution in [3.8, 4) is 17.2 Å². The van der Waals surface area contributed by atoms with Crippen molar-refractivity contribution >= 4 is 39.6 Å². The van der Waals surface area contributed by atoms with Crippen molar-refractivity contribution in [1.82, 2.24) is 0 Å². The average Bonchev–Trinajstić information content (AvgIpc) is 3.09. The molecular formula is C30H5BF16O3. The SMILES string of the molecule is Fc1ccc(OB(Oc2cccc3c(F)c(F)c(F)c(F)c23)Oc2c(F)c(F)c(F)c3c(F)c4c(F)c(F)c(F)c(F)c4c(F)c23)c(F)c1F. The first-order chi connectivity index (χ1) is 23.5. The van der Waals surface area contributed by atoms with Crippen LogP contribution in [-0.2, 0) is 0 Å². The molecule has 0 aromatic heterocycles. The topological polar surface area (TPSA) is 27.7 Å². The highest BCUT2D eigenvalue weighted by Gasteiger charge is 2.40. The molecule has 0 unspecified atom stereocenters. The molecule has 0 radical (unpaired) electrons. The van der Waals surface area contributed by atoms with E-state index in [1.807, 2.05) is 0 Å². The zero-order valence-corrected chi connectivity index (χ0v) is 23.2.